The van der Waals surface area contributed by atoms with Gasteiger partial charge in [0.25, 0.3) is 5.88 Å². The number of rotatable bonds is 4. The zero-order valence-corrected chi connectivity index (χ0v) is 11.3. The maximum atomic E-state index is 11.0. The molecule has 0 aliphatic heterocycles. The van der Waals surface area contributed by atoms with Gasteiger partial charge in [-0.25, -0.2) is 0 Å². The van der Waals surface area contributed by atoms with Crippen LogP contribution in [0.5, 0.6) is 5.88 Å². The lowest BCUT2D eigenvalue weighted by Gasteiger charge is -2.26. The molecule has 0 atom stereocenters. The summed E-state index contributed by atoms with van der Waals surface area (Å²) in [7, 11) is 1.72. The van der Waals surface area contributed by atoms with Crippen LogP contribution in [0.3, 0.4) is 0 Å². The first-order valence-corrected chi connectivity index (χ1v) is 6.60. The third-order valence-electron chi connectivity index (χ3n) is 3.53. The molecule has 1 saturated carbocycles. The summed E-state index contributed by atoms with van der Waals surface area (Å²) in [4.78, 5) is 14.7. The molecule has 104 valence electrons. The molecular formula is C13H19N3O3. The predicted molar refractivity (Wildman–Crippen MR) is 72.5 cm³/mol. The van der Waals surface area contributed by atoms with Crippen LogP contribution in [0, 0.1) is 16.0 Å². The molecule has 0 bridgehead atoms. The summed E-state index contributed by atoms with van der Waals surface area (Å²) in [5, 5.41) is 13.8. The fourth-order valence-corrected chi connectivity index (χ4v) is 2.30. The first-order valence-electron chi connectivity index (χ1n) is 6.60. The zero-order chi connectivity index (χ0) is 13.8. The van der Waals surface area contributed by atoms with Gasteiger partial charge >= 0.3 is 5.69 Å². The number of hydrogen-bond acceptors (Lipinski definition) is 5. The number of nitro groups is 1. The third-order valence-corrected chi connectivity index (χ3v) is 3.53. The van der Waals surface area contributed by atoms with Crippen molar-refractivity contribution >= 4 is 11.5 Å². The third kappa shape index (κ3) is 3.33. The Kier molecular flexibility index (Phi) is 4.19. The Labute approximate surface area is 112 Å². The molecule has 0 unspecified atom stereocenters. The minimum atomic E-state index is -0.451. The monoisotopic (exact) mass is 265 g/mol. The van der Waals surface area contributed by atoms with Gasteiger partial charge < -0.3 is 10.1 Å². The lowest BCUT2D eigenvalue weighted by Crippen LogP contribution is -2.23. The summed E-state index contributed by atoms with van der Waals surface area (Å²) in [6, 6.07) is 3.01. The number of ether oxygens (including phenoxy) is 1. The lowest BCUT2D eigenvalue weighted by molar-refractivity contribution is -0.386. The Morgan fingerprint density at radius 3 is 2.63 bits per heavy atom. The van der Waals surface area contributed by atoms with E-state index in [0.29, 0.717) is 11.7 Å². The molecule has 1 N–H and O–H groups in total. The van der Waals surface area contributed by atoms with Gasteiger partial charge in [0.2, 0.25) is 0 Å². The number of nitrogens with one attached hydrogen (secondary N) is 1. The van der Waals surface area contributed by atoms with Gasteiger partial charge in [-0.05, 0) is 37.7 Å². The lowest BCUT2D eigenvalue weighted by atomic mass is 9.89. The Hall–Kier alpha value is -1.85. The van der Waals surface area contributed by atoms with Gasteiger partial charge in [0, 0.05) is 13.1 Å². The van der Waals surface area contributed by atoms with Crippen molar-refractivity contribution in [3.8, 4) is 5.88 Å². The quantitative estimate of drug-likeness (QED) is 0.669. The zero-order valence-electron chi connectivity index (χ0n) is 11.3. The molecule has 2 rings (SSSR count). The van der Waals surface area contributed by atoms with E-state index >= 15 is 0 Å². The van der Waals surface area contributed by atoms with Gasteiger partial charge in [-0.3, -0.25) is 10.1 Å². The first kappa shape index (κ1) is 13.6. The van der Waals surface area contributed by atoms with Crippen LogP contribution in [0.25, 0.3) is 0 Å². The Morgan fingerprint density at radius 2 is 2.05 bits per heavy atom. The average Bonchev–Trinajstić information content (AvgIpc) is 2.41. The number of nitrogens with zero attached hydrogens (tertiary/aromatic N) is 2. The second-order valence-corrected chi connectivity index (χ2v) is 5.03. The average molecular weight is 265 g/mol. The van der Waals surface area contributed by atoms with Gasteiger partial charge in [0.05, 0.1) is 4.92 Å². The largest absolute Gasteiger partial charge is 0.469 e. The Morgan fingerprint density at radius 1 is 1.37 bits per heavy atom. The van der Waals surface area contributed by atoms with Gasteiger partial charge in [-0.15, -0.1) is 0 Å². The van der Waals surface area contributed by atoms with Crippen molar-refractivity contribution < 1.29 is 9.66 Å². The number of aromatic nitrogens is 1. The van der Waals surface area contributed by atoms with E-state index in [4.69, 9.17) is 4.74 Å². The van der Waals surface area contributed by atoms with Crippen LogP contribution in [-0.4, -0.2) is 23.1 Å². The summed E-state index contributed by atoms with van der Waals surface area (Å²) in [6.07, 6.45) is 4.11. The second-order valence-electron chi connectivity index (χ2n) is 5.03. The predicted octanol–water partition coefficient (Wildman–Crippen LogP) is 2.99. The van der Waals surface area contributed by atoms with E-state index in [0.717, 1.165) is 25.7 Å². The maximum absolute atomic E-state index is 11.0. The van der Waals surface area contributed by atoms with Crippen molar-refractivity contribution in [2.24, 2.45) is 5.92 Å². The fourth-order valence-electron chi connectivity index (χ4n) is 2.30. The molecule has 0 aromatic carbocycles. The summed E-state index contributed by atoms with van der Waals surface area (Å²) < 4.78 is 5.75. The van der Waals surface area contributed by atoms with Crippen molar-refractivity contribution in [1.29, 1.82) is 0 Å². The molecule has 19 heavy (non-hydrogen) atoms. The smallest absolute Gasteiger partial charge is 0.331 e. The van der Waals surface area contributed by atoms with E-state index in [1.165, 1.54) is 6.07 Å². The van der Waals surface area contributed by atoms with Crippen molar-refractivity contribution in [2.45, 2.75) is 38.7 Å². The normalized spacial score (nSPS) is 22.8. The summed E-state index contributed by atoms with van der Waals surface area (Å²) >= 11 is 0. The number of pyridine rings is 1. The minimum absolute atomic E-state index is 0.0366. The standard InChI is InChI=1S/C13H19N3O3/c1-9-3-5-10(6-4-9)19-13-11(16(17)18)7-8-12(14-2)15-13/h7-10H,3-6H2,1-2H3,(H,14,15). The molecule has 1 aromatic heterocycles. The molecule has 1 aliphatic carbocycles. The molecule has 6 nitrogen and oxygen atoms in total. The molecule has 0 amide bonds. The highest BCUT2D eigenvalue weighted by Gasteiger charge is 2.24. The highest BCUT2D eigenvalue weighted by Crippen LogP contribution is 2.31. The van der Waals surface area contributed by atoms with E-state index < -0.39 is 4.92 Å². The highest BCUT2D eigenvalue weighted by atomic mass is 16.6. The second kappa shape index (κ2) is 5.86. The van der Waals surface area contributed by atoms with Crippen LogP contribution in [0.1, 0.15) is 32.6 Å². The molecule has 0 saturated heterocycles. The molecule has 1 fully saturated rings. The SMILES string of the molecule is CNc1ccc([N+](=O)[O-])c(OC2CCC(C)CC2)n1. The van der Waals surface area contributed by atoms with E-state index in [9.17, 15) is 10.1 Å². The topological polar surface area (TPSA) is 77.3 Å². The van der Waals surface area contributed by atoms with E-state index in [1.807, 2.05) is 0 Å². The van der Waals surface area contributed by atoms with Crippen LogP contribution in [0.2, 0.25) is 0 Å². The molecule has 1 aromatic rings. The van der Waals surface area contributed by atoms with Gasteiger partial charge in [-0.1, -0.05) is 6.92 Å². The Balaban J connectivity index is 2.15. The number of hydrogen-bond donors (Lipinski definition) is 1. The summed E-state index contributed by atoms with van der Waals surface area (Å²) in [6.45, 7) is 2.22. The van der Waals surface area contributed by atoms with Gasteiger partial charge in [-0.2, -0.15) is 4.98 Å². The van der Waals surface area contributed by atoms with Crippen LogP contribution in [0.15, 0.2) is 12.1 Å². The molecule has 6 heteroatoms. The van der Waals surface area contributed by atoms with Crippen LogP contribution in [-0.2, 0) is 0 Å². The van der Waals surface area contributed by atoms with Crippen LogP contribution in [0.4, 0.5) is 11.5 Å². The van der Waals surface area contributed by atoms with Crippen molar-refractivity contribution in [3.63, 3.8) is 0 Å². The van der Waals surface area contributed by atoms with E-state index in [2.05, 4.69) is 17.2 Å². The molecule has 1 heterocycles. The highest BCUT2D eigenvalue weighted by molar-refractivity contribution is 5.48. The molecule has 0 radical (unpaired) electrons. The van der Waals surface area contributed by atoms with Crippen LogP contribution >= 0.6 is 0 Å². The van der Waals surface area contributed by atoms with Crippen LogP contribution < -0.4 is 10.1 Å². The maximum Gasteiger partial charge on any atom is 0.331 e. The van der Waals surface area contributed by atoms with Crippen molar-refractivity contribution in [3.05, 3.63) is 22.2 Å². The van der Waals surface area contributed by atoms with E-state index in [1.54, 1.807) is 13.1 Å². The van der Waals surface area contributed by atoms with Crippen molar-refractivity contribution in [2.75, 3.05) is 12.4 Å². The van der Waals surface area contributed by atoms with Gasteiger partial charge in [0.15, 0.2) is 0 Å². The van der Waals surface area contributed by atoms with Gasteiger partial charge in [0.1, 0.15) is 11.9 Å². The van der Waals surface area contributed by atoms with Crippen molar-refractivity contribution in [1.82, 2.24) is 4.98 Å². The Bertz CT molecular complexity index is 456. The molecule has 1 aliphatic rings. The first-order chi connectivity index (χ1) is 9.10. The molecular weight excluding hydrogens is 246 g/mol. The fraction of sp³-hybridized carbons (Fsp3) is 0.615. The molecule has 0 spiro atoms. The minimum Gasteiger partial charge on any atom is -0.469 e. The summed E-state index contributed by atoms with van der Waals surface area (Å²) in [5.74, 6) is 1.41. The summed E-state index contributed by atoms with van der Waals surface area (Å²) in [5.41, 5.74) is -0.0716. The van der Waals surface area contributed by atoms with E-state index in [-0.39, 0.29) is 17.7 Å². The number of anilines is 1.